The Morgan fingerprint density at radius 1 is 1.11 bits per heavy atom. The van der Waals surface area contributed by atoms with Crippen molar-refractivity contribution in [1.82, 2.24) is 4.98 Å². The van der Waals surface area contributed by atoms with E-state index < -0.39 is 0 Å². The number of benzene rings is 1. The predicted molar refractivity (Wildman–Crippen MR) is 74.8 cm³/mol. The highest BCUT2D eigenvalue weighted by atomic mass is 32.2. The maximum Gasteiger partial charge on any atom is 0.162 e. The molecule has 5 heteroatoms. The van der Waals surface area contributed by atoms with E-state index in [0.717, 1.165) is 27.7 Å². The van der Waals surface area contributed by atoms with E-state index in [0.29, 0.717) is 18.9 Å². The summed E-state index contributed by atoms with van der Waals surface area (Å²) in [6.07, 6.45) is 4.31. The zero-order valence-corrected chi connectivity index (χ0v) is 11.2. The second-order valence-electron chi connectivity index (χ2n) is 4.17. The third-order valence-corrected chi connectivity index (χ3v) is 3.84. The van der Waals surface area contributed by atoms with Crippen molar-refractivity contribution in [3.05, 3.63) is 36.7 Å². The van der Waals surface area contributed by atoms with Gasteiger partial charge in [0, 0.05) is 22.4 Å². The molecule has 19 heavy (non-hydrogen) atoms. The topological polar surface area (TPSA) is 57.4 Å². The molecule has 3 rings (SSSR count). The van der Waals surface area contributed by atoms with Crippen molar-refractivity contribution in [2.75, 3.05) is 18.9 Å². The molecule has 0 fully saturated rings. The van der Waals surface area contributed by atoms with Crippen molar-refractivity contribution in [1.29, 1.82) is 0 Å². The van der Waals surface area contributed by atoms with Gasteiger partial charge < -0.3 is 15.2 Å². The van der Waals surface area contributed by atoms with Crippen LogP contribution in [0.15, 0.2) is 46.5 Å². The number of hydrogen-bond donors (Lipinski definition) is 1. The van der Waals surface area contributed by atoms with E-state index in [2.05, 4.69) is 4.98 Å². The van der Waals surface area contributed by atoms with Crippen molar-refractivity contribution < 1.29 is 9.47 Å². The van der Waals surface area contributed by atoms with Gasteiger partial charge in [-0.3, -0.25) is 4.98 Å². The summed E-state index contributed by atoms with van der Waals surface area (Å²) >= 11 is 1.59. The lowest BCUT2D eigenvalue weighted by Crippen LogP contribution is -1.97. The van der Waals surface area contributed by atoms with Gasteiger partial charge >= 0.3 is 0 Å². The maximum absolute atomic E-state index is 5.89. The summed E-state index contributed by atoms with van der Waals surface area (Å²) < 4.78 is 11.3. The Morgan fingerprint density at radius 2 is 1.95 bits per heavy atom. The van der Waals surface area contributed by atoms with Crippen molar-refractivity contribution in [2.45, 2.75) is 16.2 Å². The van der Waals surface area contributed by atoms with Gasteiger partial charge in [-0.1, -0.05) is 11.8 Å². The van der Waals surface area contributed by atoms with Crippen LogP contribution in [0.1, 0.15) is 6.42 Å². The molecule has 0 radical (unpaired) electrons. The average Bonchev–Trinajstić information content (AvgIpc) is 2.66. The van der Waals surface area contributed by atoms with Crippen LogP contribution >= 0.6 is 11.8 Å². The van der Waals surface area contributed by atoms with Crippen molar-refractivity contribution in [3.8, 4) is 11.5 Å². The second kappa shape index (κ2) is 5.40. The van der Waals surface area contributed by atoms with E-state index >= 15 is 0 Å². The van der Waals surface area contributed by atoms with Gasteiger partial charge in [0.2, 0.25) is 0 Å². The van der Waals surface area contributed by atoms with Gasteiger partial charge in [0.05, 0.1) is 25.1 Å². The van der Waals surface area contributed by atoms with Gasteiger partial charge in [-0.15, -0.1) is 0 Å². The molecule has 1 aromatic carbocycles. The normalized spacial score (nSPS) is 13.9. The zero-order chi connectivity index (χ0) is 13.1. The quantitative estimate of drug-likeness (QED) is 0.912. The summed E-state index contributed by atoms with van der Waals surface area (Å²) in [5.74, 6) is 1.61. The summed E-state index contributed by atoms with van der Waals surface area (Å²) in [5.41, 5.74) is 6.57. The minimum Gasteiger partial charge on any atom is -0.490 e. The van der Waals surface area contributed by atoms with Crippen LogP contribution in [0, 0.1) is 0 Å². The number of nitrogens with two attached hydrogens (primary N) is 1. The summed E-state index contributed by atoms with van der Waals surface area (Å²) in [5, 5.41) is 0. The third-order valence-electron chi connectivity index (χ3n) is 2.76. The third kappa shape index (κ3) is 2.76. The molecule has 1 aromatic heterocycles. The van der Waals surface area contributed by atoms with Crippen molar-refractivity contribution in [2.24, 2.45) is 0 Å². The molecule has 0 atom stereocenters. The Morgan fingerprint density at radius 3 is 2.79 bits per heavy atom. The standard InChI is InChI=1S/C14H14N2O2S/c15-11-9-16-5-4-14(11)19-10-2-3-12-13(8-10)18-7-1-6-17-12/h2-5,8-9H,1,6-7,15H2. The number of anilines is 1. The number of pyridine rings is 1. The molecule has 2 heterocycles. The monoisotopic (exact) mass is 274 g/mol. The number of ether oxygens (including phenoxy) is 2. The fourth-order valence-corrected chi connectivity index (χ4v) is 2.68. The molecular weight excluding hydrogens is 260 g/mol. The Labute approximate surface area is 115 Å². The number of nitrogens with zero attached hydrogens (tertiary/aromatic N) is 1. The fraction of sp³-hybridized carbons (Fsp3) is 0.214. The molecule has 1 aliphatic heterocycles. The van der Waals surface area contributed by atoms with E-state index in [-0.39, 0.29) is 0 Å². The molecule has 2 N–H and O–H groups in total. The summed E-state index contributed by atoms with van der Waals surface area (Å²) in [6.45, 7) is 1.40. The van der Waals surface area contributed by atoms with Crippen LogP contribution in [0.3, 0.4) is 0 Å². The van der Waals surface area contributed by atoms with E-state index in [1.54, 1.807) is 24.2 Å². The molecule has 0 bridgehead atoms. The van der Waals surface area contributed by atoms with Gasteiger partial charge in [0.1, 0.15) is 0 Å². The average molecular weight is 274 g/mol. The molecule has 4 nitrogen and oxygen atoms in total. The van der Waals surface area contributed by atoms with E-state index in [9.17, 15) is 0 Å². The van der Waals surface area contributed by atoms with Crippen LogP contribution < -0.4 is 15.2 Å². The maximum atomic E-state index is 5.89. The van der Waals surface area contributed by atoms with Gasteiger partial charge in [-0.05, 0) is 24.3 Å². The predicted octanol–water partition coefficient (Wildman–Crippen LogP) is 2.98. The Hall–Kier alpha value is -1.88. The number of hydrogen-bond acceptors (Lipinski definition) is 5. The zero-order valence-electron chi connectivity index (χ0n) is 10.3. The minimum absolute atomic E-state index is 0.680. The molecule has 98 valence electrons. The van der Waals surface area contributed by atoms with Crippen LogP contribution in [0.2, 0.25) is 0 Å². The lowest BCUT2D eigenvalue weighted by atomic mass is 10.3. The molecule has 0 aliphatic carbocycles. The van der Waals surface area contributed by atoms with Crippen LogP contribution in [0.25, 0.3) is 0 Å². The first kappa shape index (κ1) is 12.2. The van der Waals surface area contributed by atoms with Crippen LogP contribution in [-0.2, 0) is 0 Å². The molecule has 0 unspecified atom stereocenters. The first-order chi connectivity index (χ1) is 9.33. The molecule has 0 saturated heterocycles. The molecular formula is C14H14N2O2S. The molecule has 0 saturated carbocycles. The minimum atomic E-state index is 0.680. The van der Waals surface area contributed by atoms with Gasteiger partial charge in [0.15, 0.2) is 11.5 Å². The van der Waals surface area contributed by atoms with Gasteiger partial charge in [0.25, 0.3) is 0 Å². The number of nitrogen functional groups attached to an aromatic ring is 1. The highest BCUT2D eigenvalue weighted by Crippen LogP contribution is 2.37. The Balaban J connectivity index is 1.86. The first-order valence-electron chi connectivity index (χ1n) is 6.10. The molecule has 0 spiro atoms. The molecule has 1 aliphatic rings. The van der Waals surface area contributed by atoms with Crippen LogP contribution in [-0.4, -0.2) is 18.2 Å². The van der Waals surface area contributed by atoms with E-state index in [1.165, 1.54) is 0 Å². The van der Waals surface area contributed by atoms with Crippen molar-refractivity contribution >= 4 is 17.4 Å². The molecule has 2 aromatic rings. The number of rotatable bonds is 2. The fourth-order valence-electron chi connectivity index (χ4n) is 1.82. The van der Waals surface area contributed by atoms with Gasteiger partial charge in [-0.2, -0.15) is 0 Å². The Kier molecular flexibility index (Phi) is 3.46. The lowest BCUT2D eigenvalue weighted by molar-refractivity contribution is 0.297. The van der Waals surface area contributed by atoms with Crippen molar-refractivity contribution in [3.63, 3.8) is 0 Å². The summed E-state index contributed by atoms with van der Waals surface area (Å²) in [6, 6.07) is 7.85. The first-order valence-corrected chi connectivity index (χ1v) is 6.91. The van der Waals surface area contributed by atoms with E-state index in [4.69, 9.17) is 15.2 Å². The van der Waals surface area contributed by atoms with Crippen LogP contribution in [0.4, 0.5) is 5.69 Å². The second-order valence-corrected chi connectivity index (χ2v) is 5.29. The van der Waals surface area contributed by atoms with Crippen LogP contribution in [0.5, 0.6) is 11.5 Å². The van der Waals surface area contributed by atoms with E-state index in [1.807, 2.05) is 24.3 Å². The lowest BCUT2D eigenvalue weighted by Gasteiger charge is -2.09. The Bertz CT molecular complexity index is 589. The summed E-state index contributed by atoms with van der Waals surface area (Å²) in [7, 11) is 0. The smallest absolute Gasteiger partial charge is 0.162 e. The largest absolute Gasteiger partial charge is 0.490 e. The number of aromatic nitrogens is 1. The highest BCUT2D eigenvalue weighted by Gasteiger charge is 2.11. The molecule has 0 amide bonds. The SMILES string of the molecule is Nc1cnccc1Sc1ccc2c(c1)OCCCO2. The highest BCUT2D eigenvalue weighted by molar-refractivity contribution is 7.99. The van der Waals surface area contributed by atoms with Gasteiger partial charge in [-0.25, -0.2) is 0 Å². The summed E-state index contributed by atoms with van der Waals surface area (Å²) in [4.78, 5) is 6.05. The number of fused-ring (bicyclic) bond motifs is 1.